The molecular formula is C13H24Si3. The fraction of sp³-hybridized carbons (Fsp3) is 0.692. The third-order valence-corrected chi connectivity index (χ3v) is 13.9. The van der Waals surface area contributed by atoms with Gasteiger partial charge in [0.25, 0.3) is 0 Å². The molecule has 16 heavy (non-hydrogen) atoms. The molecule has 0 aromatic rings. The van der Waals surface area contributed by atoms with Crippen molar-refractivity contribution in [3.63, 3.8) is 0 Å². The average Bonchev–Trinajstić information content (AvgIpc) is 1.97. The zero-order valence-corrected chi connectivity index (χ0v) is 14.6. The summed E-state index contributed by atoms with van der Waals surface area (Å²) >= 11 is 0. The van der Waals surface area contributed by atoms with Crippen LogP contribution >= 0.6 is 0 Å². The third-order valence-electron chi connectivity index (χ3n) is 2.87. The van der Waals surface area contributed by atoms with Gasteiger partial charge in [0.15, 0.2) is 0 Å². The van der Waals surface area contributed by atoms with Crippen molar-refractivity contribution < 1.29 is 0 Å². The molecule has 0 aliphatic carbocycles. The molecule has 0 bridgehead atoms. The van der Waals surface area contributed by atoms with Gasteiger partial charge in [-0.05, 0) is 5.67 Å². The first kappa shape index (κ1) is 13.8. The predicted octanol–water partition coefficient (Wildman–Crippen LogP) is 3.75. The van der Waals surface area contributed by atoms with Gasteiger partial charge in [0.2, 0.25) is 0 Å². The molecule has 0 unspecified atom stereocenters. The van der Waals surface area contributed by atoms with Crippen LogP contribution in [0.5, 0.6) is 0 Å². The lowest BCUT2D eigenvalue weighted by atomic mass is 10.8. The Bertz CT molecular complexity index is 347. The van der Waals surface area contributed by atoms with E-state index in [9.17, 15) is 0 Å². The van der Waals surface area contributed by atoms with Crippen LogP contribution in [0.2, 0.25) is 57.0 Å². The van der Waals surface area contributed by atoms with Crippen molar-refractivity contribution in [2.75, 3.05) is 0 Å². The summed E-state index contributed by atoms with van der Waals surface area (Å²) < 4.78 is 0. The minimum absolute atomic E-state index is 1.14. The Hall–Kier alpha value is -0.229. The van der Waals surface area contributed by atoms with Gasteiger partial charge in [-0.25, -0.2) is 0 Å². The monoisotopic (exact) mass is 264 g/mol. The van der Waals surface area contributed by atoms with Gasteiger partial charge in [0.1, 0.15) is 16.1 Å². The Morgan fingerprint density at radius 1 is 0.688 bits per heavy atom. The molecule has 0 nitrogen and oxygen atoms in total. The van der Waals surface area contributed by atoms with E-state index in [2.05, 4.69) is 62.2 Å². The minimum Gasteiger partial charge on any atom is -0.132 e. The highest BCUT2D eigenvalue weighted by Gasteiger charge is 2.31. The summed E-state index contributed by atoms with van der Waals surface area (Å²) in [7, 11) is -3.77. The van der Waals surface area contributed by atoms with Gasteiger partial charge in [0, 0.05) is 12.1 Å². The summed E-state index contributed by atoms with van der Waals surface area (Å²) in [4.78, 5) is 0. The summed E-state index contributed by atoms with van der Waals surface area (Å²) in [5.74, 6) is 7.00. The lowest BCUT2D eigenvalue weighted by molar-refractivity contribution is 1.48. The predicted molar refractivity (Wildman–Crippen MR) is 82.4 cm³/mol. The van der Waals surface area contributed by atoms with Crippen molar-refractivity contribution in [2.45, 2.75) is 57.0 Å². The first-order chi connectivity index (χ1) is 7.12. The molecule has 0 atom stereocenters. The second kappa shape index (κ2) is 4.56. The Kier molecular flexibility index (Phi) is 3.95. The van der Waals surface area contributed by atoms with Crippen molar-refractivity contribution in [1.82, 2.24) is 0 Å². The molecule has 1 aliphatic rings. The Morgan fingerprint density at radius 3 is 1.44 bits per heavy atom. The molecule has 3 heteroatoms. The zero-order valence-electron chi connectivity index (χ0n) is 11.6. The van der Waals surface area contributed by atoms with E-state index in [4.69, 9.17) is 0 Å². The largest absolute Gasteiger partial charge is 0.132 e. The second-order valence-corrected chi connectivity index (χ2v) is 21.6. The van der Waals surface area contributed by atoms with E-state index < -0.39 is 24.2 Å². The Labute approximate surface area is 104 Å². The Balaban J connectivity index is 3.02. The molecule has 0 aromatic heterocycles. The minimum atomic E-state index is -1.31. The van der Waals surface area contributed by atoms with Crippen molar-refractivity contribution in [2.24, 2.45) is 0 Å². The van der Waals surface area contributed by atoms with Crippen LogP contribution in [0.3, 0.4) is 0 Å². The van der Waals surface area contributed by atoms with Gasteiger partial charge in [-0.3, -0.25) is 0 Å². The maximum absolute atomic E-state index is 3.63. The fourth-order valence-electron chi connectivity index (χ4n) is 2.30. The van der Waals surface area contributed by atoms with Gasteiger partial charge in [-0.1, -0.05) is 39.3 Å². The number of hydrogen-bond acceptors (Lipinski definition) is 0. The summed E-state index contributed by atoms with van der Waals surface area (Å²) in [5, 5.41) is 0. The maximum atomic E-state index is 3.63. The van der Waals surface area contributed by atoms with Crippen molar-refractivity contribution in [1.29, 1.82) is 0 Å². The van der Waals surface area contributed by atoms with Crippen LogP contribution in [-0.4, -0.2) is 24.2 Å². The quantitative estimate of drug-likeness (QED) is 0.462. The molecule has 0 fully saturated rings. The van der Waals surface area contributed by atoms with Gasteiger partial charge in [-0.2, -0.15) is 0 Å². The van der Waals surface area contributed by atoms with E-state index in [1.54, 1.807) is 0 Å². The molecule has 0 saturated heterocycles. The third kappa shape index (κ3) is 4.74. The highest BCUT2D eigenvalue weighted by molar-refractivity contribution is 7.02. The maximum Gasteiger partial charge on any atom is 0.130 e. The van der Waals surface area contributed by atoms with E-state index in [1.807, 2.05) is 0 Å². The topological polar surface area (TPSA) is 0 Å². The van der Waals surface area contributed by atoms with E-state index in [1.165, 1.54) is 5.67 Å². The van der Waals surface area contributed by atoms with Crippen LogP contribution in [0.1, 0.15) is 0 Å². The van der Waals surface area contributed by atoms with Crippen LogP contribution < -0.4 is 0 Å². The normalized spacial score (nSPS) is 25.6. The molecule has 0 aromatic carbocycles. The molecule has 0 spiro atoms. The summed E-state index contributed by atoms with van der Waals surface area (Å²) in [6.45, 7) is 14.5. The standard InChI is InChI=1S/C13H24Si3/c1-14(2)9-7-11-15(3,4)13-16(5,6)12-8-10-14/h9-10,13H2,1-6H3. The Morgan fingerprint density at radius 2 is 1.06 bits per heavy atom. The van der Waals surface area contributed by atoms with E-state index in [0.717, 1.165) is 12.1 Å². The van der Waals surface area contributed by atoms with Crippen LogP contribution in [0.4, 0.5) is 0 Å². The van der Waals surface area contributed by atoms with Crippen molar-refractivity contribution in [3.05, 3.63) is 0 Å². The molecule has 0 radical (unpaired) electrons. The highest BCUT2D eigenvalue weighted by Crippen LogP contribution is 2.21. The molecule has 0 saturated carbocycles. The van der Waals surface area contributed by atoms with Gasteiger partial charge >= 0.3 is 0 Å². The van der Waals surface area contributed by atoms with E-state index in [0.29, 0.717) is 0 Å². The average molecular weight is 265 g/mol. The van der Waals surface area contributed by atoms with Crippen molar-refractivity contribution >= 4 is 24.2 Å². The first-order valence-electron chi connectivity index (χ1n) is 6.12. The van der Waals surface area contributed by atoms with E-state index >= 15 is 0 Å². The van der Waals surface area contributed by atoms with Gasteiger partial charge < -0.3 is 0 Å². The molecule has 0 N–H and O–H groups in total. The molecule has 1 aliphatic heterocycles. The summed E-state index contributed by atoms with van der Waals surface area (Å²) in [6, 6.07) is 2.28. The summed E-state index contributed by atoms with van der Waals surface area (Å²) in [5.41, 5.74) is 8.60. The van der Waals surface area contributed by atoms with Gasteiger partial charge in [-0.15, -0.1) is 22.9 Å². The SMILES string of the molecule is C[Si]1(C)C#CC[Si](C)(C)CC#C[Si](C)(C)C1. The smallest absolute Gasteiger partial charge is 0.130 e. The number of rotatable bonds is 0. The van der Waals surface area contributed by atoms with Gasteiger partial charge in [0.05, 0.1) is 8.07 Å². The first-order valence-corrected chi connectivity index (χ1v) is 15.9. The van der Waals surface area contributed by atoms with E-state index in [-0.39, 0.29) is 0 Å². The highest BCUT2D eigenvalue weighted by atomic mass is 28.4. The fourth-order valence-corrected chi connectivity index (χ4v) is 14.6. The molecule has 88 valence electrons. The lowest BCUT2D eigenvalue weighted by Crippen LogP contribution is -2.38. The lowest BCUT2D eigenvalue weighted by Gasteiger charge is -2.25. The van der Waals surface area contributed by atoms with Crippen molar-refractivity contribution in [3.8, 4) is 22.9 Å². The second-order valence-electron chi connectivity index (χ2n) is 7.07. The molecular weight excluding hydrogens is 240 g/mol. The molecule has 0 amide bonds. The van der Waals surface area contributed by atoms with Crippen LogP contribution in [0.15, 0.2) is 0 Å². The summed E-state index contributed by atoms with van der Waals surface area (Å²) in [6.07, 6.45) is 0. The zero-order chi connectivity index (χ0) is 12.4. The number of hydrogen-bond donors (Lipinski definition) is 0. The van der Waals surface area contributed by atoms with Crippen LogP contribution in [-0.2, 0) is 0 Å². The molecule has 1 heterocycles. The molecule has 1 rings (SSSR count). The van der Waals surface area contributed by atoms with Crippen LogP contribution in [0, 0.1) is 22.9 Å². The van der Waals surface area contributed by atoms with Crippen LogP contribution in [0.25, 0.3) is 0 Å².